The monoisotopic (exact) mass is 573 g/mol. The Labute approximate surface area is 234 Å². The average molecular weight is 574 g/mol. The minimum atomic E-state index is -4.58. The Morgan fingerprint density at radius 2 is 1.98 bits per heavy atom. The number of rotatable bonds is 8. The molecular formula is C27H30F3N7O2S. The zero-order valence-corrected chi connectivity index (χ0v) is 23.1. The molecule has 1 amide bonds. The summed E-state index contributed by atoms with van der Waals surface area (Å²) in [5.74, 6) is -0.326. The molecule has 5 rings (SSSR count). The van der Waals surface area contributed by atoms with Crippen molar-refractivity contribution in [2.45, 2.75) is 32.5 Å². The SMILES string of the molecule is CNc1ncc(C2=CN(c3cc(C(=O)Nc4cc(C(F)(F)F)cc(CN5CCCC5)c4OC)ccc3C)NN2)s1. The van der Waals surface area contributed by atoms with Crippen LogP contribution < -0.4 is 31.3 Å². The highest BCUT2D eigenvalue weighted by molar-refractivity contribution is 7.16. The molecule has 0 atom stereocenters. The molecule has 0 aliphatic carbocycles. The third-order valence-corrected chi connectivity index (χ3v) is 7.87. The first-order chi connectivity index (χ1) is 19.2. The Morgan fingerprint density at radius 1 is 1.20 bits per heavy atom. The highest BCUT2D eigenvalue weighted by Gasteiger charge is 2.33. The van der Waals surface area contributed by atoms with Crippen molar-refractivity contribution < 1.29 is 22.7 Å². The van der Waals surface area contributed by atoms with Gasteiger partial charge in [-0.05, 0) is 62.7 Å². The van der Waals surface area contributed by atoms with E-state index in [1.165, 1.54) is 18.4 Å². The molecule has 0 radical (unpaired) electrons. The van der Waals surface area contributed by atoms with Gasteiger partial charge < -0.3 is 20.8 Å². The Balaban J connectivity index is 1.42. The highest BCUT2D eigenvalue weighted by Crippen LogP contribution is 2.39. The Kier molecular flexibility index (Phi) is 7.88. The van der Waals surface area contributed by atoms with Gasteiger partial charge in [0, 0.05) is 37.1 Å². The van der Waals surface area contributed by atoms with E-state index < -0.39 is 17.6 Å². The molecule has 1 saturated heterocycles. The van der Waals surface area contributed by atoms with Crippen LogP contribution in [0.25, 0.3) is 5.70 Å². The first-order valence-corrected chi connectivity index (χ1v) is 13.6. The van der Waals surface area contributed by atoms with Crippen molar-refractivity contribution in [3.05, 3.63) is 69.9 Å². The fourth-order valence-corrected chi connectivity index (χ4v) is 5.51. The Morgan fingerprint density at radius 3 is 2.65 bits per heavy atom. The van der Waals surface area contributed by atoms with E-state index in [9.17, 15) is 18.0 Å². The lowest BCUT2D eigenvalue weighted by Gasteiger charge is -2.22. The van der Waals surface area contributed by atoms with Crippen molar-refractivity contribution in [2.75, 3.05) is 42.9 Å². The molecule has 4 N–H and O–H groups in total. The number of benzene rings is 2. The maximum absolute atomic E-state index is 13.8. The minimum absolute atomic E-state index is 0.0210. The lowest BCUT2D eigenvalue weighted by Crippen LogP contribution is -2.36. The zero-order valence-electron chi connectivity index (χ0n) is 22.3. The second kappa shape index (κ2) is 11.4. The van der Waals surface area contributed by atoms with E-state index >= 15 is 0 Å². The second-order valence-corrected chi connectivity index (χ2v) is 10.6. The topological polar surface area (TPSA) is 93.8 Å². The van der Waals surface area contributed by atoms with Gasteiger partial charge in [-0.15, -0.1) is 5.53 Å². The molecule has 0 spiro atoms. The molecular weight excluding hydrogens is 543 g/mol. The van der Waals surface area contributed by atoms with Crippen LogP contribution in [0.3, 0.4) is 0 Å². The molecule has 3 heterocycles. The van der Waals surface area contributed by atoms with Crippen LogP contribution in [0.5, 0.6) is 5.75 Å². The van der Waals surface area contributed by atoms with Gasteiger partial charge in [-0.1, -0.05) is 17.4 Å². The number of likely N-dealkylation sites (tertiary alicyclic amines) is 1. The number of aromatic nitrogens is 1. The summed E-state index contributed by atoms with van der Waals surface area (Å²) in [4.78, 5) is 20.6. The third-order valence-electron chi connectivity index (χ3n) is 6.82. The van der Waals surface area contributed by atoms with E-state index in [1.54, 1.807) is 36.5 Å². The maximum atomic E-state index is 13.8. The fraction of sp³-hybridized carbons (Fsp3) is 0.333. The quantitative estimate of drug-likeness (QED) is 0.293. The van der Waals surface area contributed by atoms with Crippen LogP contribution in [-0.4, -0.2) is 43.0 Å². The summed E-state index contributed by atoms with van der Waals surface area (Å²) < 4.78 is 46.9. The van der Waals surface area contributed by atoms with Crippen LogP contribution in [0.15, 0.2) is 42.7 Å². The summed E-state index contributed by atoms with van der Waals surface area (Å²) in [5.41, 5.74) is 8.33. The predicted octanol–water partition coefficient (Wildman–Crippen LogP) is 5.20. The third kappa shape index (κ3) is 5.86. The number of carbonyl (C=O) groups is 1. The van der Waals surface area contributed by atoms with E-state index in [-0.39, 0.29) is 17.0 Å². The number of nitrogens with one attached hydrogen (secondary N) is 4. The number of amides is 1. The molecule has 212 valence electrons. The Bertz CT molecular complexity index is 1430. The second-order valence-electron chi connectivity index (χ2n) is 9.58. The fourth-order valence-electron chi connectivity index (χ4n) is 4.77. The Hall–Kier alpha value is -3.81. The molecule has 2 aromatic carbocycles. The molecule has 3 aromatic rings. The number of hydrogen-bond acceptors (Lipinski definition) is 9. The maximum Gasteiger partial charge on any atom is 0.416 e. The van der Waals surface area contributed by atoms with Crippen LogP contribution >= 0.6 is 11.3 Å². The molecule has 13 heteroatoms. The summed E-state index contributed by atoms with van der Waals surface area (Å²) in [6.07, 6.45) is 1.02. The van der Waals surface area contributed by atoms with Crippen LogP contribution in [0.2, 0.25) is 0 Å². The number of methoxy groups -OCH3 is 1. The molecule has 0 bridgehead atoms. The molecule has 2 aliphatic rings. The molecule has 40 heavy (non-hydrogen) atoms. The zero-order chi connectivity index (χ0) is 28.4. The number of carbonyl (C=O) groups excluding carboxylic acids is 1. The van der Waals surface area contributed by atoms with Gasteiger partial charge in [-0.3, -0.25) is 14.7 Å². The number of ether oxygens (including phenoxy) is 1. The number of hydrazine groups is 2. The van der Waals surface area contributed by atoms with Crippen molar-refractivity contribution in [3.8, 4) is 5.75 Å². The lowest BCUT2D eigenvalue weighted by atomic mass is 10.1. The van der Waals surface area contributed by atoms with Gasteiger partial charge in [-0.25, -0.2) is 4.98 Å². The van der Waals surface area contributed by atoms with Gasteiger partial charge >= 0.3 is 6.18 Å². The minimum Gasteiger partial charge on any atom is -0.494 e. The van der Waals surface area contributed by atoms with Gasteiger partial charge in [0.15, 0.2) is 5.13 Å². The van der Waals surface area contributed by atoms with Gasteiger partial charge in [0.1, 0.15) is 5.75 Å². The standard InChI is InChI=1S/C27H30F3N7O2S/c1-16-6-7-17(11-22(16)37-15-21(34-35-37)23-13-32-26(31-2)40-23)25(38)33-20-12-19(27(28,29)30)10-18(24(20)39-3)14-36-8-4-5-9-36/h6-7,10-13,15,34-35H,4-5,8-9,14H2,1-3H3,(H,31,32)(H,33,38). The summed E-state index contributed by atoms with van der Waals surface area (Å²) in [6, 6.07) is 7.13. The molecule has 0 unspecified atom stereocenters. The van der Waals surface area contributed by atoms with Crippen molar-refractivity contribution in [2.24, 2.45) is 0 Å². The van der Waals surface area contributed by atoms with Gasteiger partial charge in [0.25, 0.3) is 5.91 Å². The van der Waals surface area contributed by atoms with E-state index in [1.807, 2.05) is 13.1 Å². The summed E-state index contributed by atoms with van der Waals surface area (Å²) in [7, 11) is 3.20. The molecule has 9 nitrogen and oxygen atoms in total. The molecule has 2 aliphatic heterocycles. The van der Waals surface area contributed by atoms with Crippen molar-refractivity contribution in [3.63, 3.8) is 0 Å². The van der Waals surface area contributed by atoms with Crippen LogP contribution in [-0.2, 0) is 12.7 Å². The smallest absolute Gasteiger partial charge is 0.416 e. The number of hydrogen-bond donors (Lipinski definition) is 4. The van der Waals surface area contributed by atoms with E-state index in [2.05, 4.69) is 31.5 Å². The summed E-state index contributed by atoms with van der Waals surface area (Å²) in [6.45, 7) is 3.82. The number of anilines is 3. The normalized spacial score (nSPS) is 15.7. The summed E-state index contributed by atoms with van der Waals surface area (Å²) >= 11 is 1.48. The van der Waals surface area contributed by atoms with Gasteiger partial charge in [-0.2, -0.15) is 13.2 Å². The van der Waals surface area contributed by atoms with Crippen LogP contribution in [0.1, 0.15) is 44.8 Å². The number of nitrogens with zero attached hydrogens (tertiary/aromatic N) is 3. The van der Waals surface area contributed by atoms with Crippen LogP contribution in [0, 0.1) is 6.92 Å². The molecule has 1 fully saturated rings. The summed E-state index contributed by atoms with van der Waals surface area (Å²) in [5, 5.41) is 8.19. The molecule has 1 aromatic heterocycles. The largest absolute Gasteiger partial charge is 0.494 e. The van der Waals surface area contributed by atoms with Gasteiger partial charge in [0.05, 0.1) is 34.6 Å². The lowest BCUT2D eigenvalue weighted by molar-refractivity contribution is -0.137. The first-order valence-electron chi connectivity index (χ1n) is 12.8. The van der Waals surface area contributed by atoms with E-state index in [4.69, 9.17) is 4.74 Å². The molecule has 0 saturated carbocycles. The average Bonchev–Trinajstić information content (AvgIpc) is 3.70. The van der Waals surface area contributed by atoms with Crippen LogP contribution in [0.4, 0.5) is 29.7 Å². The number of halogens is 3. The highest BCUT2D eigenvalue weighted by atomic mass is 32.1. The predicted molar refractivity (Wildman–Crippen MR) is 150 cm³/mol. The van der Waals surface area contributed by atoms with Crippen molar-refractivity contribution in [1.82, 2.24) is 20.8 Å². The number of aryl methyl sites for hydroxylation is 1. The first kappa shape index (κ1) is 27.7. The van der Waals surface area contributed by atoms with E-state index in [0.29, 0.717) is 17.8 Å². The number of thiazole rings is 1. The number of alkyl halides is 3. The van der Waals surface area contributed by atoms with Crippen molar-refractivity contribution >= 4 is 39.4 Å². The van der Waals surface area contributed by atoms with E-state index in [0.717, 1.165) is 59.3 Å². The van der Waals surface area contributed by atoms with Gasteiger partial charge in [0.2, 0.25) is 0 Å². The van der Waals surface area contributed by atoms with Crippen molar-refractivity contribution in [1.29, 1.82) is 0 Å².